The van der Waals surface area contributed by atoms with E-state index in [0.29, 0.717) is 13.0 Å². The van der Waals surface area contributed by atoms with E-state index < -0.39 is 6.10 Å². The first kappa shape index (κ1) is 16.1. The fraction of sp³-hybridized carbons (Fsp3) is 0.588. The number of amides is 1. The number of piperidine rings is 1. The number of carbonyl (C=O) groups excluding carboxylic acids is 1. The van der Waals surface area contributed by atoms with Crippen molar-refractivity contribution >= 4 is 11.6 Å². The summed E-state index contributed by atoms with van der Waals surface area (Å²) in [6.45, 7) is 2.28. The molecule has 1 aromatic carbocycles. The molecule has 1 amide bonds. The van der Waals surface area contributed by atoms with E-state index in [1.165, 1.54) is 0 Å². The number of hydrogen-bond donors (Lipinski definition) is 3. The number of β-amino-alcohol motifs (C(OH)–C–C–N with tert-alkyl or cyclic N) is 1. The zero-order chi connectivity index (χ0) is 16.2. The van der Waals surface area contributed by atoms with Crippen molar-refractivity contribution in [3.63, 3.8) is 0 Å². The number of hydrogen-bond acceptors (Lipinski definition) is 5. The number of benzene rings is 1. The number of anilines is 1. The smallest absolute Gasteiger partial charge is 0.237 e. The Bertz CT molecular complexity index is 552. The number of methoxy groups -OCH3 is 1. The lowest BCUT2D eigenvalue weighted by atomic mass is 10.0. The molecule has 2 fully saturated rings. The highest BCUT2D eigenvalue weighted by Crippen LogP contribution is 2.24. The Labute approximate surface area is 136 Å². The van der Waals surface area contributed by atoms with Crippen LogP contribution >= 0.6 is 0 Å². The van der Waals surface area contributed by atoms with Crippen molar-refractivity contribution in [1.29, 1.82) is 0 Å². The SMILES string of the molecule is COc1cccc(N2CCC[C@H](NC(=O)[C@@H]3C[C@H](O)CN3)C2)c1. The Morgan fingerprint density at radius 3 is 3.09 bits per heavy atom. The lowest BCUT2D eigenvalue weighted by Crippen LogP contribution is -2.51. The molecular weight excluding hydrogens is 294 g/mol. The summed E-state index contributed by atoms with van der Waals surface area (Å²) in [6, 6.07) is 7.89. The molecule has 3 rings (SSSR count). The summed E-state index contributed by atoms with van der Waals surface area (Å²) in [5, 5.41) is 15.7. The molecule has 126 valence electrons. The van der Waals surface area contributed by atoms with Gasteiger partial charge < -0.3 is 25.4 Å². The van der Waals surface area contributed by atoms with Gasteiger partial charge >= 0.3 is 0 Å². The lowest BCUT2D eigenvalue weighted by molar-refractivity contribution is -0.123. The second-order valence-corrected chi connectivity index (χ2v) is 6.35. The molecule has 3 atom stereocenters. The Balaban J connectivity index is 1.58. The molecule has 23 heavy (non-hydrogen) atoms. The highest BCUT2D eigenvalue weighted by molar-refractivity contribution is 5.82. The van der Waals surface area contributed by atoms with E-state index in [2.05, 4.69) is 21.6 Å². The first-order valence-corrected chi connectivity index (χ1v) is 8.26. The number of aliphatic hydroxyl groups excluding tert-OH is 1. The maximum atomic E-state index is 12.3. The minimum absolute atomic E-state index is 0.000887. The van der Waals surface area contributed by atoms with Gasteiger partial charge in [-0.05, 0) is 31.4 Å². The van der Waals surface area contributed by atoms with Gasteiger partial charge in [-0.2, -0.15) is 0 Å². The van der Waals surface area contributed by atoms with E-state index in [1.54, 1.807) is 7.11 Å². The van der Waals surface area contributed by atoms with Gasteiger partial charge in [-0.15, -0.1) is 0 Å². The van der Waals surface area contributed by atoms with Crippen molar-refractivity contribution < 1.29 is 14.6 Å². The number of aliphatic hydroxyl groups is 1. The number of rotatable bonds is 4. The molecule has 2 aliphatic heterocycles. The van der Waals surface area contributed by atoms with Crippen LogP contribution in [0.15, 0.2) is 24.3 Å². The second-order valence-electron chi connectivity index (χ2n) is 6.35. The zero-order valence-electron chi connectivity index (χ0n) is 13.5. The van der Waals surface area contributed by atoms with Crippen molar-refractivity contribution in [2.75, 3.05) is 31.6 Å². The van der Waals surface area contributed by atoms with Gasteiger partial charge in [0, 0.05) is 37.4 Å². The Kier molecular flexibility index (Phi) is 5.03. The summed E-state index contributed by atoms with van der Waals surface area (Å²) in [4.78, 5) is 14.6. The van der Waals surface area contributed by atoms with Crippen LogP contribution in [0.3, 0.4) is 0 Å². The van der Waals surface area contributed by atoms with E-state index in [1.807, 2.05) is 18.2 Å². The third-order valence-corrected chi connectivity index (χ3v) is 4.61. The molecular formula is C17H25N3O3. The first-order valence-electron chi connectivity index (χ1n) is 8.26. The van der Waals surface area contributed by atoms with Crippen molar-refractivity contribution in [3.05, 3.63) is 24.3 Å². The third kappa shape index (κ3) is 3.95. The molecule has 0 bridgehead atoms. The molecule has 6 heteroatoms. The quantitative estimate of drug-likeness (QED) is 0.754. The molecule has 2 heterocycles. The van der Waals surface area contributed by atoms with Crippen LogP contribution in [-0.2, 0) is 4.79 Å². The molecule has 0 radical (unpaired) electrons. The molecule has 2 aliphatic rings. The lowest BCUT2D eigenvalue weighted by Gasteiger charge is -2.35. The van der Waals surface area contributed by atoms with Crippen LogP contribution in [-0.4, -0.2) is 55.9 Å². The Morgan fingerprint density at radius 2 is 2.35 bits per heavy atom. The minimum Gasteiger partial charge on any atom is -0.497 e. The maximum Gasteiger partial charge on any atom is 0.237 e. The second kappa shape index (κ2) is 7.19. The molecule has 6 nitrogen and oxygen atoms in total. The molecule has 1 aromatic rings. The van der Waals surface area contributed by atoms with Crippen LogP contribution in [0.25, 0.3) is 0 Å². The Hall–Kier alpha value is -1.79. The number of nitrogens with zero attached hydrogens (tertiary/aromatic N) is 1. The average Bonchev–Trinajstić information content (AvgIpc) is 3.02. The largest absolute Gasteiger partial charge is 0.497 e. The average molecular weight is 319 g/mol. The highest BCUT2D eigenvalue weighted by atomic mass is 16.5. The van der Waals surface area contributed by atoms with Crippen molar-refractivity contribution in [2.45, 2.75) is 37.5 Å². The summed E-state index contributed by atoms with van der Waals surface area (Å²) in [7, 11) is 1.67. The summed E-state index contributed by atoms with van der Waals surface area (Å²) in [5.74, 6) is 0.844. The van der Waals surface area contributed by atoms with Gasteiger partial charge in [-0.25, -0.2) is 0 Å². The van der Waals surface area contributed by atoms with Gasteiger partial charge in [0.25, 0.3) is 0 Å². The van der Waals surface area contributed by atoms with Crippen LogP contribution in [0.4, 0.5) is 5.69 Å². The third-order valence-electron chi connectivity index (χ3n) is 4.61. The van der Waals surface area contributed by atoms with Crippen LogP contribution in [0.5, 0.6) is 5.75 Å². The van der Waals surface area contributed by atoms with Gasteiger partial charge in [-0.1, -0.05) is 6.07 Å². The summed E-state index contributed by atoms with van der Waals surface area (Å²) in [5.41, 5.74) is 1.12. The zero-order valence-corrected chi connectivity index (χ0v) is 13.5. The molecule has 2 saturated heterocycles. The van der Waals surface area contributed by atoms with Crippen LogP contribution in [0.1, 0.15) is 19.3 Å². The predicted octanol–water partition coefficient (Wildman–Crippen LogP) is 0.503. The standard InChI is InChI=1S/C17H25N3O3/c1-23-15-6-2-5-13(8-15)20-7-3-4-12(11-20)19-17(22)16-9-14(21)10-18-16/h2,5-6,8,12,14,16,18,21H,3-4,7,9-11H2,1H3,(H,19,22)/t12-,14-,16-/m0/s1. The summed E-state index contributed by atoms with van der Waals surface area (Å²) >= 11 is 0. The van der Waals surface area contributed by atoms with Gasteiger partial charge in [0.2, 0.25) is 5.91 Å². The van der Waals surface area contributed by atoms with Gasteiger partial charge in [0.05, 0.1) is 19.3 Å². The van der Waals surface area contributed by atoms with E-state index in [-0.39, 0.29) is 18.0 Å². The molecule has 3 N–H and O–H groups in total. The van der Waals surface area contributed by atoms with Crippen LogP contribution < -0.4 is 20.3 Å². The fourth-order valence-electron chi connectivity index (χ4n) is 3.36. The van der Waals surface area contributed by atoms with E-state index in [9.17, 15) is 9.90 Å². The Morgan fingerprint density at radius 1 is 1.48 bits per heavy atom. The maximum absolute atomic E-state index is 12.3. The number of carbonyl (C=O) groups is 1. The van der Waals surface area contributed by atoms with Gasteiger partial charge in [-0.3, -0.25) is 4.79 Å². The van der Waals surface area contributed by atoms with E-state index in [4.69, 9.17) is 4.74 Å². The van der Waals surface area contributed by atoms with Gasteiger partial charge in [0.1, 0.15) is 5.75 Å². The molecule has 0 spiro atoms. The number of nitrogens with one attached hydrogen (secondary N) is 2. The summed E-state index contributed by atoms with van der Waals surface area (Å²) < 4.78 is 5.29. The molecule has 0 saturated carbocycles. The van der Waals surface area contributed by atoms with Crippen LogP contribution in [0, 0.1) is 0 Å². The van der Waals surface area contributed by atoms with Crippen LogP contribution in [0.2, 0.25) is 0 Å². The van der Waals surface area contributed by atoms with E-state index >= 15 is 0 Å². The monoisotopic (exact) mass is 319 g/mol. The topological polar surface area (TPSA) is 73.8 Å². The predicted molar refractivity (Wildman–Crippen MR) is 88.8 cm³/mol. The minimum atomic E-state index is -0.412. The van der Waals surface area contributed by atoms with E-state index in [0.717, 1.165) is 37.4 Å². The van der Waals surface area contributed by atoms with Gasteiger partial charge in [0.15, 0.2) is 0 Å². The highest BCUT2D eigenvalue weighted by Gasteiger charge is 2.30. The summed E-state index contributed by atoms with van der Waals surface area (Å²) in [6.07, 6.45) is 2.12. The normalized spacial score (nSPS) is 27.7. The fourth-order valence-corrected chi connectivity index (χ4v) is 3.36. The van der Waals surface area contributed by atoms with Crippen molar-refractivity contribution in [3.8, 4) is 5.75 Å². The first-order chi connectivity index (χ1) is 11.2. The molecule has 0 aliphatic carbocycles. The molecule has 0 unspecified atom stereocenters. The number of ether oxygens (including phenoxy) is 1. The van der Waals surface area contributed by atoms with Crippen molar-refractivity contribution in [1.82, 2.24) is 10.6 Å². The van der Waals surface area contributed by atoms with Crippen molar-refractivity contribution in [2.24, 2.45) is 0 Å². The molecule has 0 aromatic heterocycles.